The van der Waals surface area contributed by atoms with Crippen LogP contribution in [-0.4, -0.2) is 0 Å². The minimum absolute atomic E-state index is 0.0107. The summed E-state index contributed by atoms with van der Waals surface area (Å²) < 4.78 is 0. The van der Waals surface area contributed by atoms with Crippen molar-refractivity contribution >= 4 is 5.57 Å². The van der Waals surface area contributed by atoms with Gasteiger partial charge in [-0.1, -0.05) is 48.6 Å². The molecule has 0 N–H and O–H groups in total. The molecule has 0 radical (unpaired) electrons. The summed E-state index contributed by atoms with van der Waals surface area (Å²) in [6.07, 6.45) is 5.84. The van der Waals surface area contributed by atoms with Gasteiger partial charge < -0.3 is 0 Å². The van der Waals surface area contributed by atoms with E-state index in [2.05, 4.69) is 18.2 Å². The first-order chi connectivity index (χ1) is 11.7. The van der Waals surface area contributed by atoms with Gasteiger partial charge in [0.1, 0.15) is 0 Å². The fraction of sp³-hybridized carbons (Fsp3) is 0.300. The quantitative estimate of drug-likeness (QED) is 0.744. The van der Waals surface area contributed by atoms with Crippen molar-refractivity contribution in [2.45, 2.75) is 0 Å². The van der Waals surface area contributed by atoms with Crippen molar-refractivity contribution in [3.8, 4) is 24.3 Å². The molecule has 4 heteroatoms. The molecule has 0 unspecified atom stereocenters. The third-order valence-corrected chi connectivity index (χ3v) is 5.91. The molecule has 4 nitrogen and oxygen atoms in total. The molecule has 0 spiro atoms. The lowest BCUT2D eigenvalue weighted by Gasteiger charge is -2.59. The Kier molecular flexibility index (Phi) is 2.72. The van der Waals surface area contributed by atoms with Gasteiger partial charge in [0.05, 0.1) is 24.3 Å². The number of rotatable bonds is 1. The van der Waals surface area contributed by atoms with Crippen molar-refractivity contribution in [1.82, 2.24) is 0 Å². The maximum Gasteiger partial charge on any atom is 0.182 e. The van der Waals surface area contributed by atoms with Crippen LogP contribution in [0.1, 0.15) is 5.56 Å². The summed E-state index contributed by atoms with van der Waals surface area (Å²) in [5.41, 5.74) is -1.07. The monoisotopic (exact) mass is 308 g/mol. The Labute approximate surface area is 140 Å². The van der Waals surface area contributed by atoms with Crippen molar-refractivity contribution < 1.29 is 0 Å². The van der Waals surface area contributed by atoms with Crippen molar-refractivity contribution in [2.24, 2.45) is 34.5 Å². The van der Waals surface area contributed by atoms with E-state index in [9.17, 15) is 21.0 Å². The number of hydrogen-bond acceptors (Lipinski definition) is 4. The van der Waals surface area contributed by atoms with Crippen molar-refractivity contribution in [3.63, 3.8) is 0 Å². The topological polar surface area (TPSA) is 95.2 Å². The zero-order valence-corrected chi connectivity index (χ0v) is 12.7. The summed E-state index contributed by atoms with van der Waals surface area (Å²) >= 11 is 0. The second-order valence-corrected chi connectivity index (χ2v) is 6.59. The molecule has 4 atom stereocenters. The molecule has 5 rings (SSSR count). The fourth-order valence-electron chi connectivity index (χ4n) is 4.75. The van der Waals surface area contributed by atoms with Crippen LogP contribution < -0.4 is 0 Å². The molecule has 0 heterocycles. The summed E-state index contributed by atoms with van der Waals surface area (Å²) in [5.74, 6) is -0.822. The van der Waals surface area contributed by atoms with E-state index in [0.29, 0.717) is 0 Å². The van der Waals surface area contributed by atoms with Crippen LogP contribution in [0, 0.1) is 79.8 Å². The highest BCUT2D eigenvalue weighted by atomic mass is 14.7. The predicted octanol–water partition coefficient (Wildman–Crippen LogP) is 3.20. The molecule has 0 amide bonds. The molecule has 0 saturated heterocycles. The van der Waals surface area contributed by atoms with E-state index in [1.807, 2.05) is 54.6 Å². The van der Waals surface area contributed by atoms with Gasteiger partial charge in [-0.3, -0.25) is 0 Å². The van der Waals surface area contributed by atoms with Gasteiger partial charge in [0.2, 0.25) is 0 Å². The molecular weight excluding hydrogens is 296 g/mol. The zero-order valence-electron chi connectivity index (χ0n) is 12.7. The van der Waals surface area contributed by atoms with E-state index in [4.69, 9.17) is 0 Å². The maximum absolute atomic E-state index is 9.82. The Balaban J connectivity index is 1.92. The van der Waals surface area contributed by atoms with Crippen molar-refractivity contribution in [1.29, 1.82) is 21.0 Å². The zero-order chi connectivity index (χ0) is 16.9. The van der Waals surface area contributed by atoms with Crippen LogP contribution in [0.2, 0.25) is 0 Å². The van der Waals surface area contributed by atoms with E-state index in [1.54, 1.807) is 0 Å². The molecule has 0 aromatic heterocycles. The lowest BCUT2D eigenvalue weighted by Crippen LogP contribution is -2.62. The average molecular weight is 308 g/mol. The number of fused-ring (bicyclic) bond motifs is 1. The number of allylic oxidation sites excluding steroid dienone is 4. The Morgan fingerprint density at radius 3 is 1.88 bits per heavy atom. The highest BCUT2D eigenvalue weighted by molar-refractivity contribution is 5.76. The van der Waals surface area contributed by atoms with Gasteiger partial charge in [-0.25, -0.2) is 0 Å². The van der Waals surface area contributed by atoms with Gasteiger partial charge in [0.25, 0.3) is 0 Å². The van der Waals surface area contributed by atoms with Crippen molar-refractivity contribution in [2.75, 3.05) is 0 Å². The Hall–Kier alpha value is -3.34. The van der Waals surface area contributed by atoms with Crippen LogP contribution in [0.5, 0.6) is 0 Å². The number of nitriles is 4. The summed E-state index contributed by atoms with van der Waals surface area (Å²) in [6.45, 7) is 0. The number of hydrogen-bond donors (Lipinski definition) is 0. The summed E-state index contributed by atoms with van der Waals surface area (Å²) in [7, 11) is 0. The Morgan fingerprint density at radius 1 is 0.750 bits per heavy atom. The highest BCUT2D eigenvalue weighted by Gasteiger charge is 2.72. The van der Waals surface area contributed by atoms with Crippen LogP contribution in [0.3, 0.4) is 0 Å². The van der Waals surface area contributed by atoms with Gasteiger partial charge in [-0.2, -0.15) is 21.0 Å². The molecular formula is C20H12N4. The predicted molar refractivity (Wildman–Crippen MR) is 84.8 cm³/mol. The van der Waals surface area contributed by atoms with Crippen LogP contribution >= 0.6 is 0 Å². The second kappa shape index (κ2) is 4.58. The number of benzene rings is 1. The van der Waals surface area contributed by atoms with Gasteiger partial charge >= 0.3 is 0 Å². The highest BCUT2D eigenvalue weighted by Crippen LogP contribution is 2.69. The van der Waals surface area contributed by atoms with E-state index in [-0.39, 0.29) is 11.8 Å². The normalized spacial score (nSPS) is 32.8. The SMILES string of the molecule is N#CC1(C#N)[C@H]2C=C[C@@H]([C@H]3C(c4ccccc4)=C[C@H]32)C1(C#N)C#N. The molecule has 0 aliphatic heterocycles. The van der Waals surface area contributed by atoms with Crippen LogP contribution in [0.15, 0.2) is 48.6 Å². The molecule has 1 aromatic carbocycles. The molecule has 2 bridgehead atoms. The first-order valence-electron chi connectivity index (χ1n) is 7.79. The minimum Gasteiger partial charge on any atom is -0.196 e. The maximum atomic E-state index is 9.82. The first-order valence-corrected chi connectivity index (χ1v) is 7.79. The molecule has 4 aliphatic rings. The van der Waals surface area contributed by atoms with E-state index < -0.39 is 22.7 Å². The number of nitrogens with zero attached hydrogens (tertiary/aromatic N) is 4. The minimum atomic E-state index is -1.63. The largest absolute Gasteiger partial charge is 0.196 e. The molecule has 1 aromatic rings. The standard InChI is InChI=1S/C20H12N4/c21-9-19(10-22)16-6-7-17(20(19,11-23)12-24)18-14(8-15(16)18)13-4-2-1-3-5-13/h1-8,15-18H/t15-,16-,17-,18-/m0/s1. The molecule has 24 heavy (non-hydrogen) atoms. The van der Waals surface area contributed by atoms with Crippen LogP contribution in [-0.2, 0) is 0 Å². The summed E-state index contributed by atoms with van der Waals surface area (Å²) in [5, 5.41) is 39.1. The van der Waals surface area contributed by atoms with Gasteiger partial charge in [-0.15, -0.1) is 0 Å². The van der Waals surface area contributed by atoms with Crippen molar-refractivity contribution in [3.05, 3.63) is 54.1 Å². The van der Waals surface area contributed by atoms with Gasteiger partial charge in [0.15, 0.2) is 10.8 Å². The Bertz CT molecular complexity index is 915. The third kappa shape index (κ3) is 1.31. The second-order valence-electron chi connectivity index (χ2n) is 6.59. The van der Waals surface area contributed by atoms with Crippen LogP contribution in [0.4, 0.5) is 0 Å². The van der Waals surface area contributed by atoms with E-state index in [1.165, 1.54) is 0 Å². The molecule has 112 valence electrons. The summed E-state index contributed by atoms with van der Waals surface area (Å²) in [6, 6.07) is 18.1. The summed E-state index contributed by atoms with van der Waals surface area (Å²) in [4.78, 5) is 0. The lowest BCUT2D eigenvalue weighted by atomic mass is 9.37. The molecule has 1 fully saturated rings. The third-order valence-electron chi connectivity index (χ3n) is 5.91. The molecule has 1 saturated carbocycles. The first kappa shape index (κ1) is 14.3. The van der Waals surface area contributed by atoms with Gasteiger partial charge in [-0.05, 0) is 17.1 Å². The van der Waals surface area contributed by atoms with Gasteiger partial charge in [0, 0.05) is 17.8 Å². The smallest absolute Gasteiger partial charge is 0.182 e. The average Bonchev–Trinajstić information content (AvgIpc) is 2.62. The fourth-order valence-corrected chi connectivity index (χ4v) is 4.75. The molecule has 4 aliphatic carbocycles. The Morgan fingerprint density at radius 2 is 1.29 bits per heavy atom. The lowest BCUT2D eigenvalue weighted by molar-refractivity contribution is 0.0152. The van der Waals surface area contributed by atoms with E-state index >= 15 is 0 Å². The van der Waals surface area contributed by atoms with E-state index in [0.717, 1.165) is 11.1 Å². The van der Waals surface area contributed by atoms with Crippen LogP contribution in [0.25, 0.3) is 5.57 Å².